The summed E-state index contributed by atoms with van der Waals surface area (Å²) in [7, 11) is 0. The summed E-state index contributed by atoms with van der Waals surface area (Å²) in [6.07, 6.45) is 0. The summed E-state index contributed by atoms with van der Waals surface area (Å²) >= 11 is 12.2. The van der Waals surface area contributed by atoms with Crippen molar-refractivity contribution in [1.29, 1.82) is 0 Å². The van der Waals surface area contributed by atoms with Crippen LogP contribution in [0.3, 0.4) is 0 Å². The summed E-state index contributed by atoms with van der Waals surface area (Å²) in [5, 5.41) is 2.37. The molecule has 0 unspecified atom stereocenters. The Balaban J connectivity index is 1.83. The van der Waals surface area contributed by atoms with Gasteiger partial charge in [-0.1, -0.05) is 29.3 Å². The molecule has 0 aliphatic carbocycles. The van der Waals surface area contributed by atoms with Crippen molar-refractivity contribution in [1.82, 2.24) is 4.98 Å². The van der Waals surface area contributed by atoms with Gasteiger partial charge in [0.25, 0.3) is 0 Å². The Morgan fingerprint density at radius 3 is 2.55 bits per heavy atom. The third-order valence-corrected chi connectivity index (χ3v) is 3.88. The monoisotopic (exact) mass is 305 g/mol. The van der Waals surface area contributed by atoms with E-state index in [1.807, 2.05) is 43.3 Å². The number of hydrogen-bond acceptors (Lipinski definition) is 1. The molecule has 2 aromatic carbocycles. The van der Waals surface area contributed by atoms with E-state index < -0.39 is 0 Å². The Hall–Kier alpha value is -1.64. The van der Waals surface area contributed by atoms with Gasteiger partial charge in [0, 0.05) is 32.2 Å². The highest BCUT2D eigenvalue weighted by atomic mass is 35.5. The molecule has 1 N–H and O–H groups in total. The van der Waals surface area contributed by atoms with Gasteiger partial charge in [0.05, 0.1) is 0 Å². The summed E-state index contributed by atoms with van der Waals surface area (Å²) in [5.41, 5.74) is 3.04. The topological polar surface area (TPSA) is 25.0 Å². The molecular formula is C16H13Cl2NO. The molecule has 0 saturated carbocycles. The lowest BCUT2D eigenvalue weighted by Crippen LogP contribution is -1.97. The SMILES string of the molecule is Cc1cc2cc(OCc3c(Cl)cccc3Cl)ccc2[nH]1. The van der Waals surface area contributed by atoms with Gasteiger partial charge in [-0.2, -0.15) is 0 Å². The Morgan fingerprint density at radius 1 is 1.05 bits per heavy atom. The van der Waals surface area contributed by atoms with E-state index in [4.69, 9.17) is 27.9 Å². The maximum absolute atomic E-state index is 6.12. The lowest BCUT2D eigenvalue weighted by atomic mass is 10.2. The number of aromatic amines is 1. The van der Waals surface area contributed by atoms with Crippen molar-refractivity contribution in [3.8, 4) is 5.75 Å². The Bertz CT molecular complexity index is 744. The first-order valence-corrected chi connectivity index (χ1v) is 7.04. The van der Waals surface area contributed by atoms with E-state index >= 15 is 0 Å². The molecule has 1 aromatic heterocycles. The van der Waals surface area contributed by atoms with Gasteiger partial charge in [-0.05, 0) is 43.3 Å². The zero-order valence-corrected chi connectivity index (χ0v) is 12.4. The number of nitrogens with one attached hydrogen (secondary N) is 1. The van der Waals surface area contributed by atoms with Gasteiger partial charge < -0.3 is 9.72 Å². The number of rotatable bonds is 3. The molecule has 0 saturated heterocycles. The second-order valence-electron chi connectivity index (χ2n) is 4.69. The summed E-state index contributed by atoms with van der Waals surface area (Å²) in [6.45, 7) is 2.39. The first kappa shape index (κ1) is 13.3. The fraction of sp³-hybridized carbons (Fsp3) is 0.125. The molecule has 2 nitrogen and oxygen atoms in total. The number of hydrogen-bond donors (Lipinski definition) is 1. The highest BCUT2D eigenvalue weighted by Gasteiger charge is 2.07. The van der Waals surface area contributed by atoms with Crippen molar-refractivity contribution in [2.45, 2.75) is 13.5 Å². The molecule has 0 radical (unpaired) electrons. The standard InChI is InChI=1S/C16H13Cl2NO/c1-10-7-11-8-12(5-6-16(11)19-10)20-9-13-14(17)3-2-4-15(13)18/h2-8,19H,9H2,1H3. The summed E-state index contributed by atoms with van der Waals surface area (Å²) in [5.74, 6) is 0.799. The van der Waals surface area contributed by atoms with Crippen LogP contribution in [0.15, 0.2) is 42.5 Å². The number of benzene rings is 2. The number of ether oxygens (including phenoxy) is 1. The van der Waals surface area contributed by atoms with Crippen LogP contribution in [0.5, 0.6) is 5.75 Å². The molecule has 1 heterocycles. The average Bonchev–Trinajstić information content (AvgIpc) is 2.77. The van der Waals surface area contributed by atoms with E-state index in [2.05, 4.69) is 11.1 Å². The van der Waals surface area contributed by atoms with Gasteiger partial charge in [0.2, 0.25) is 0 Å². The van der Waals surface area contributed by atoms with Crippen LogP contribution in [0.2, 0.25) is 10.0 Å². The van der Waals surface area contributed by atoms with Gasteiger partial charge in [-0.15, -0.1) is 0 Å². The second kappa shape index (κ2) is 5.39. The van der Waals surface area contributed by atoms with Gasteiger partial charge >= 0.3 is 0 Å². The molecule has 3 aromatic rings. The highest BCUT2D eigenvalue weighted by molar-refractivity contribution is 6.35. The van der Waals surface area contributed by atoms with Crippen LogP contribution in [0.4, 0.5) is 0 Å². The zero-order chi connectivity index (χ0) is 14.1. The van der Waals surface area contributed by atoms with Crippen LogP contribution in [-0.2, 0) is 6.61 Å². The van der Waals surface area contributed by atoms with Crippen LogP contribution < -0.4 is 4.74 Å². The van der Waals surface area contributed by atoms with E-state index in [1.165, 1.54) is 0 Å². The Labute approximate surface area is 127 Å². The van der Waals surface area contributed by atoms with Gasteiger partial charge in [0.15, 0.2) is 0 Å². The minimum atomic E-state index is 0.355. The van der Waals surface area contributed by atoms with Crippen LogP contribution in [0.1, 0.15) is 11.3 Å². The Kier molecular flexibility index (Phi) is 3.60. The molecular weight excluding hydrogens is 293 g/mol. The quantitative estimate of drug-likeness (QED) is 0.692. The molecule has 0 atom stereocenters. The van der Waals surface area contributed by atoms with Crippen molar-refractivity contribution < 1.29 is 4.74 Å². The number of halogens is 2. The highest BCUT2D eigenvalue weighted by Crippen LogP contribution is 2.27. The number of H-pyrrole nitrogens is 1. The van der Waals surface area contributed by atoms with Gasteiger partial charge in [0.1, 0.15) is 12.4 Å². The predicted molar refractivity (Wildman–Crippen MR) is 83.8 cm³/mol. The number of aryl methyl sites for hydroxylation is 1. The maximum atomic E-state index is 6.12. The van der Waals surface area contributed by atoms with Crippen molar-refractivity contribution in [3.63, 3.8) is 0 Å². The third-order valence-electron chi connectivity index (χ3n) is 3.17. The van der Waals surface area contributed by atoms with Crippen LogP contribution in [0, 0.1) is 6.92 Å². The van der Waals surface area contributed by atoms with Crippen molar-refractivity contribution >= 4 is 34.1 Å². The van der Waals surface area contributed by atoms with E-state index in [0.717, 1.165) is 27.9 Å². The lowest BCUT2D eigenvalue weighted by molar-refractivity contribution is 0.307. The third kappa shape index (κ3) is 2.62. The molecule has 4 heteroatoms. The van der Waals surface area contributed by atoms with E-state index in [9.17, 15) is 0 Å². The molecule has 20 heavy (non-hydrogen) atoms. The summed E-state index contributed by atoms with van der Waals surface area (Å²) < 4.78 is 5.79. The molecule has 0 fully saturated rings. The fourth-order valence-electron chi connectivity index (χ4n) is 2.17. The molecule has 0 amide bonds. The van der Waals surface area contributed by atoms with Crippen LogP contribution in [-0.4, -0.2) is 4.98 Å². The van der Waals surface area contributed by atoms with Gasteiger partial charge in [-0.3, -0.25) is 0 Å². The lowest BCUT2D eigenvalue weighted by Gasteiger charge is -2.09. The molecule has 0 aliphatic heterocycles. The van der Waals surface area contributed by atoms with Crippen molar-refractivity contribution in [3.05, 3.63) is 63.8 Å². The van der Waals surface area contributed by atoms with Gasteiger partial charge in [-0.25, -0.2) is 0 Å². The number of aromatic nitrogens is 1. The normalized spacial score (nSPS) is 10.9. The first-order chi connectivity index (χ1) is 9.63. The fourth-order valence-corrected chi connectivity index (χ4v) is 2.68. The minimum Gasteiger partial charge on any atom is -0.489 e. The second-order valence-corrected chi connectivity index (χ2v) is 5.50. The molecule has 102 valence electrons. The van der Waals surface area contributed by atoms with E-state index in [1.54, 1.807) is 0 Å². The maximum Gasteiger partial charge on any atom is 0.120 e. The first-order valence-electron chi connectivity index (χ1n) is 6.28. The predicted octanol–water partition coefficient (Wildman–Crippen LogP) is 5.36. The van der Waals surface area contributed by atoms with E-state index in [-0.39, 0.29) is 0 Å². The van der Waals surface area contributed by atoms with Crippen LogP contribution in [0.25, 0.3) is 10.9 Å². The molecule has 0 bridgehead atoms. The van der Waals surface area contributed by atoms with Crippen molar-refractivity contribution in [2.75, 3.05) is 0 Å². The van der Waals surface area contributed by atoms with Crippen molar-refractivity contribution in [2.24, 2.45) is 0 Å². The minimum absolute atomic E-state index is 0.355. The summed E-state index contributed by atoms with van der Waals surface area (Å²) in [6, 6.07) is 13.5. The average molecular weight is 306 g/mol. The zero-order valence-electron chi connectivity index (χ0n) is 10.9. The molecule has 0 aliphatic rings. The van der Waals surface area contributed by atoms with Crippen LogP contribution >= 0.6 is 23.2 Å². The molecule has 0 spiro atoms. The number of fused-ring (bicyclic) bond motifs is 1. The van der Waals surface area contributed by atoms with E-state index in [0.29, 0.717) is 16.7 Å². The molecule has 3 rings (SSSR count). The smallest absolute Gasteiger partial charge is 0.120 e. The summed E-state index contributed by atoms with van der Waals surface area (Å²) in [4.78, 5) is 3.28. The Morgan fingerprint density at radius 2 is 1.80 bits per heavy atom. The largest absolute Gasteiger partial charge is 0.489 e.